The minimum absolute atomic E-state index is 0.0492. The van der Waals surface area contributed by atoms with E-state index in [0.29, 0.717) is 26.2 Å². The quantitative estimate of drug-likeness (QED) is 0.665. The number of benzene rings is 1. The Morgan fingerprint density at radius 2 is 1.94 bits per heavy atom. The van der Waals surface area contributed by atoms with E-state index < -0.39 is 15.9 Å². The van der Waals surface area contributed by atoms with Crippen LogP contribution in [0.1, 0.15) is 36.4 Å². The van der Waals surface area contributed by atoms with Gasteiger partial charge in [0.15, 0.2) is 9.84 Å². The molecule has 0 saturated carbocycles. The summed E-state index contributed by atoms with van der Waals surface area (Å²) in [7, 11) is -3.16. The van der Waals surface area contributed by atoms with E-state index in [1.165, 1.54) is 5.01 Å². The average Bonchev–Trinajstić information content (AvgIpc) is 3.14. The maximum absolute atomic E-state index is 13.1. The lowest BCUT2D eigenvalue weighted by molar-refractivity contribution is -0.133. The molecule has 0 aromatic heterocycles. The molecule has 2 amide bonds. The second-order valence-electron chi connectivity index (χ2n) is 8.69. The van der Waals surface area contributed by atoms with Crippen LogP contribution in [-0.4, -0.2) is 86.2 Å². The van der Waals surface area contributed by atoms with Crippen LogP contribution >= 0.6 is 0 Å². The van der Waals surface area contributed by atoms with Crippen molar-refractivity contribution in [3.8, 4) is 0 Å². The van der Waals surface area contributed by atoms with Crippen LogP contribution in [0.3, 0.4) is 0 Å². The molecule has 1 aromatic carbocycles. The van der Waals surface area contributed by atoms with Crippen LogP contribution in [0.5, 0.6) is 0 Å². The van der Waals surface area contributed by atoms with Crippen molar-refractivity contribution in [2.75, 3.05) is 44.4 Å². The van der Waals surface area contributed by atoms with E-state index in [1.54, 1.807) is 0 Å². The van der Waals surface area contributed by atoms with Gasteiger partial charge in [0.2, 0.25) is 5.91 Å². The largest absolute Gasteiger partial charge is 0.379 e. The minimum atomic E-state index is -3.16. The lowest BCUT2D eigenvalue weighted by Gasteiger charge is -2.32. The van der Waals surface area contributed by atoms with Gasteiger partial charge in [0.25, 0.3) is 5.91 Å². The van der Waals surface area contributed by atoms with E-state index >= 15 is 0 Å². The Hall–Kier alpha value is -2.30. The Morgan fingerprint density at radius 3 is 2.59 bits per heavy atom. The first-order chi connectivity index (χ1) is 15.3. The number of ether oxygens (including phenoxy) is 1. The molecule has 2 fully saturated rings. The van der Waals surface area contributed by atoms with Gasteiger partial charge in [-0.15, -0.1) is 0 Å². The van der Waals surface area contributed by atoms with Crippen molar-refractivity contribution in [3.05, 3.63) is 35.4 Å². The number of amides is 2. The fourth-order valence-electron chi connectivity index (χ4n) is 4.30. The molecule has 0 unspecified atom stereocenters. The van der Waals surface area contributed by atoms with Crippen molar-refractivity contribution in [3.63, 3.8) is 0 Å². The summed E-state index contributed by atoms with van der Waals surface area (Å²) in [4.78, 5) is 27.8. The number of hydrogen-bond acceptors (Lipinski definition) is 7. The van der Waals surface area contributed by atoms with Crippen molar-refractivity contribution in [2.24, 2.45) is 5.10 Å². The molecule has 32 heavy (non-hydrogen) atoms. The Labute approximate surface area is 188 Å². The van der Waals surface area contributed by atoms with Gasteiger partial charge in [-0.05, 0) is 18.9 Å². The average molecular weight is 463 g/mol. The number of carbonyl (C=O) groups excluding carboxylic acids is 2. The molecule has 1 N–H and O–H groups in total. The van der Waals surface area contributed by atoms with E-state index in [4.69, 9.17) is 4.74 Å². The highest BCUT2D eigenvalue weighted by Gasteiger charge is 2.37. The maximum Gasteiger partial charge on any atom is 0.268 e. The van der Waals surface area contributed by atoms with Crippen LogP contribution < -0.4 is 5.32 Å². The second-order valence-corrected chi connectivity index (χ2v) is 10.9. The molecule has 0 aliphatic carbocycles. The normalized spacial score (nSPS) is 24.8. The third kappa shape index (κ3) is 5.54. The topological polar surface area (TPSA) is 108 Å². The van der Waals surface area contributed by atoms with Gasteiger partial charge < -0.3 is 10.1 Å². The Kier molecular flexibility index (Phi) is 6.92. The van der Waals surface area contributed by atoms with Gasteiger partial charge >= 0.3 is 0 Å². The van der Waals surface area contributed by atoms with E-state index in [-0.39, 0.29) is 47.9 Å². The number of nitrogens with one attached hydrogen (secondary N) is 1. The third-order valence-corrected chi connectivity index (χ3v) is 7.96. The van der Waals surface area contributed by atoms with Crippen molar-refractivity contribution < 1.29 is 22.7 Å². The molecule has 9 nitrogen and oxygen atoms in total. The predicted octanol–water partition coefficient (Wildman–Crippen LogP) is 0.650. The number of morpholine rings is 1. The van der Waals surface area contributed by atoms with E-state index in [9.17, 15) is 18.0 Å². The van der Waals surface area contributed by atoms with Crippen LogP contribution in [0.4, 0.5) is 0 Å². The van der Waals surface area contributed by atoms with Gasteiger partial charge in [-0.25, -0.2) is 13.4 Å². The predicted molar refractivity (Wildman–Crippen MR) is 120 cm³/mol. The fourth-order valence-corrected chi connectivity index (χ4v) is 6.00. The first-order valence-electron chi connectivity index (χ1n) is 11.1. The number of aryl methyl sites for hydroxylation is 1. The van der Waals surface area contributed by atoms with Crippen LogP contribution in [0.2, 0.25) is 0 Å². The van der Waals surface area contributed by atoms with E-state index in [1.807, 2.05) is 31.2 Å². The van der Waals surface area contributed by atoms with Crippen LogP contribution in [0, 0.1) is 6.92 Å². The van der Waals surface area contributed by atoms with Gasteiger partial charge in [0.05, 0.1) is 36.8 Å². The maximum atomic E-state index is 13.1. The number of sulfone groups is 1. The van der Waals surface area contributed by atoms with E-state index in [2.05, 4.69) is 15.3 Å². The summed E-state index contributed by atoms with van der Waals surface area (Å²) < 4.78 is 29.1. The van der Waals surface area contributed by atoms with Gasteiger partial charge in [-0.1, -0.05) is 29.8 Å². The highest BCUT2D eigenvalue weighted by molar-refractivity contribution is 7.91. The summed E-state index contributed by atoms with van der Waals surface area (Å²) in [5.41, 5.74) is 2.41. The summed E-state index contributed by atoms with van der Waals surface area (Å²) >= 11 is 0. The summed E-state index contributed by atoms with van der Waals surface area (Å²) in [5.74, 6) is -0.595. The van der Waals surface area contributed by atoms with E-state index in [0.717, 1.165) is 24.2 Å². The first kappa shape index (κ1) is 22.9. The summed E-state index contributed by atoms with van der Waals surface area (Å²) in [6, 6.07) is 7.35. The molecule has 2 saturated heterocycles. The number of hydrogen-bond donors (Lipinski definition) is 1. The molecule has 3 heterocycles. The Balaban J connectivity index is 1.50. The van der Waals surface area contributed by atoms with Gasteiger partial charge in [-0.2, -0.15) is 5.10 Å². The SMILES string of the molecule is Cc1ccc([C@H](CN2CCOCC2)NC(=O)C2=NN([C@@H]3CCS(=O)(=O)C3)C(=O)CC2)cc1. The van der Waals surface area contributed by atoms with Crippen molar-refractivity contribution in [1.82, 2.24) is 15.2 Å². The van der Waals surface area contributed by atoms with Crippen molar-refractivity contribution in [1.29, 1.82) is 0 Å². The molecular formula is C22H30N4O5S. The van der Waals surface area contributed by atoms with Crippen molar-refractivity contribution >= 4 is 27.4 Å². The zero-order chi connectivity index (χ0) is 22.7. The molecule has 4 rings (SSSR count). The molecule has 2 atom stereocenters. The van der Waals surface area contributed by atoms with Crippen LogP contribution in [0.15, 0.2) is 29.4 Å². The monoisotopic (exact) mass is 462 g/mol. The molecule has 174 valence electrons. The second kappa shape index (κ2) is 9.68. The summed E-state index contributed by atoms with van der Waals surface area (Å²) in [6.07, 6.45) is 0.760. The highest BCUT2D eigenvalue weighted by atomic mass is 32.2. The molecule has 0 radical (unpaired) electrons. The zero-order valence-electron chi connectivity index (χ0n) is 18.3. The Morgan fingerprint density at radius 1 is 1.22 bits per heavy atom. The summed E-state index contributed by atoms with van der Waals surface area (Å²) in [5, 5.41) is 8.64. The third-order valence-electron chi connectivity index (χ3n) is 6.21. The smallest absolute Gasteiger partial charge is 0.268 e. The summed E-state index contributed by atoms with van der Waals surface area (Å²) in [6.45, 7) is 5.61. The van der Waals surface area contributed by atoms with Crippen molar-refractivity contribution in [2.45, 2.75) is 38.3 Å². The Bertz CT molecular complexity index is 986. The molecular weight excluding hydrogens is 432 g/mol. The zero-order valence-corrected chi connectivity index (χ0v) is 19.1. The van der Waals surface area contributed by atoms with Gasteiger partial charge in [0.1, 0.15) is 5.71 Å². The van der Waals surface area contributed by atoms with Gasteiger partial charge in [0, 0.05) is 32.5 Å². The number of carbonyl (C=O) groups is 2. The molecule has 0 bridgehead atoms. The lowest BCUT2D eigenvalue weighted by atomic mass is 10.0. The van der Waals surface area contributed by atoms with Crippen LogP contribution in [-0.2, 0) is 24.2 Å². The molecule has 3 aliphatic rings. The molecule has 1 aromatic rings. The molecule has 3 aliphatic heterocycles. The van der Waals surface area contributed by atoms with Gasteiger partial charge in [-0.3, -0.25) is 14.5 Å². The fraction of sp³-hybridized carbons (Fsp3) is 0.591. The first-order valence-corrected chi connectivity index (χ1v) is 12.9. The minimum Gasteiger partial charge on any atom is -0.379 e. The molecule has 10 heteroatoms. The highest BCUT2D eigenvalue weighted by Crippen LogP contribution is 2.23. The molecule has 0 spiro atoms. The lowest BCUT2D eigenvalue weighted by Crippen LogP contribution is -2.47. The number of rotatable bonds is 6. The number of nitrogens with zero attached hydrogens (tertiary/aromatic N) is 3. The number of hydrazone groups is 1. The van der Waals surface area contributed by atoms with Crippen LogP contribution in [0.25, 0.3) is 0 Å². The standard InChI is InChI=1S/C22H30N4O5S/c1-16-2-4-17(5-3-16)20(14-25-9-11-31-12-10-25)23-22(28)19-6-7-21(27)26(24-19)18-8-13-32(29,30)15-18/h2-5,18,20H,6-15H2,1H3,(H,23,28)/t18-,20+/m1/s1.